The van der Waals surface area contributed by atoms with Crippen molar-refractivity contribution >= 4 is 11.6 Å². The number of nitrogen functional groups attached to an aromatic ring is 1. The fourth-order valence-corrected chi connectivity index (χ4v) is 2.18. The number of hydrogen-bond donors (Lipinski definition) is 2. The second-order valence-corrected chi connectivity index (χ2v) is 4.69. The van der Waals surface area contributed by atoms with E-state index in [1.807, 2.05) is 25.1 Å². The van der Waals surface area contributed by atoms with Crippen LogP contribution in [0.2, 0.25) is 0 Å². The molecular weight excluding hydrogens is 214 g/mol. The van der Waals surface area contributed by atoms with Gasteiger partial charge in [0, 0.05) is 38.8 Å². The zero-order valence-electron chi connectivity index (χ0n) is 10.3. The molecule has 5 nitrogen and oxygen atoms in total. The summed E-state index contributed by atoms with van der Waals surface area (Å²) in [4.78, 5) is 9.01. The van der Waals surface area contributed by atoms with Crippen molar-refractivity contribution in [3.05, 3.63) is 18.2 Å². The molecule has 1 aliphatic heterocycles. The lowest BCUT2D eigenvalue weighted by molar-refractivity contribution is 0.246. The van der Waals surface area contributed by atoms with E-state index in [-0.39, 0.29) is 6.04 Å². The molecule has 5 heteroatoms. The number of pyridine rings is 1. The molecule has 0 spiro atoms. The molecule has 0 radical (unpaired) electrons. The number of nitrogens with zero attached hydrogens (tertiary/aromatic N) is 3. The Bertz CT molecular complexity index is 358. The minimum Gasteiger partial charge on any atom is -0.384 e. The first-order chi connectivity index (χ1) is 8.15. The van der Waals surface area contributed by atoms with E-state index < -0.39 is 0 Å². The maximum Gasteiger partial charge on any atom is 0.131 e. The van der Waals surface area contributed by atoms with Crippen molar-refractivity contribution in [2.45, 2.75) is 13.0 Å². The molecule has 94 valence electrons. The van der Waals surface area contributed by atoms with Gasteiger partial charge in [-0.1, -0.05) is 6.07 Å². The molecule has 2 rings (SSSR count). The summed E-state index contributed by atoms with van der Waals surface area (Å²) >= 11 is 0. The van der Waals surface area contributed by atoms with Crippen LogP contribution in [0.3, 0.4) is 0 Å². The molecule has 2 heterocycles. The van der Waals surface area contributed by atoms with Gasteiger partial charge in [-0.3, -0.25) is 4.90 Å². The third-order valence-corrected chi connectivity index (χ3v) is 3.00. The van der Waals surface area contributed by atoms with Gasteiger partial charge in [0.15, 0.2) is 0 Å². The first-order valence-corrected chi connectivity index (χ1v) is 6.10. The van der Waals surface area contributed by atoms with Crippen molar-refractivity contribution in [1.82, 2.24) is 9.88 Å². The lowest BCUT2D eigenvalue weighted by atomic mass is 10.2. The van der Waals surface area contributed by atoms with E-state index in [9.17, 15) is 0 Å². The van der Waals surface area contributed by atoms with Crippen LogP contribution in [0, 0.1) is 0 Å². The summed E-state index contributed by atoms with van der Waals surface area (Å²) in [6.07, 6.45) is 0. The highest BCUT2D eigenvalue weighted by Crippen LogP contribution is 2.14. The second kappa shape index (κ2) is 5.33. The fourth-order valence-electron chi connectivity index (χ4n) is 2.18. The third-order valence-electron chi connectivity index (χ3n) is 3.00. The molecule has 1 unspecified atom stereocenters. The second-order valence-electron chi connectivity index (χ2n) is 4.69. The predicted molar refractivity (Wildman–Crippen MR) is 71.0 cm³/mol. The Morgan fingerprint density at radius 2 is 2.00 bits per heavy atom. The van der Waals surface area contributed by atoms with E-state index in [4.69, 9.17) is 11.5 Å². The van der Waals surface area contributed by atoms with Gasteiger partial charge in [-0.05, 0) is 19.1 Å². The highest BCUT2D eigenvalue weighted by Gasteiger charge is 2.18. The molecule has 0 aliphatic carbocycles. The first kappa shape index (κ1) is 12.1. The Morgan fingerprint density at radius 3 is 2.59 bits per heavy atom. The molecule has 1 aromatic rings. The van der Waals surface area contributed by atoms with Crippen molar-refractivity contribution in [1.29, 1.82) is 0 Å². The number of anilines is 2. The molecular formula is C12H21N5. The zero-order chi connectivity index (χ0) is 12.3. The lowest BCUT2D eigenvalue weighted by Crippen LogP contribution is -2.49. The van der Waals surface area contributed by atoms with Crippen LogP contribution < -0.4 is 16.4 Å². The van der Waals surface area contributed by atoms with Crippen molar-refractivity contribution in [2.24, 2.45) is 5.73 Å². The van der Waals surface area contributed by atoms with Crippen LogP contribution in [0.5, 0.6) is 0 Å². The Morgan fingerprint density at radius 1 is 1.29 bits per heavy atom. The molecule has 0 aromatic carbocycles. The zero-order valence-corrected chi connectivity index (χ0v) is 10.3. The molecule has 1 fully saturated rings. The molecule has 1 saturated heterocycles. The third kappa shape index (κ3) is 3.31. The number of hydrogen-bond acceptors (Lipinski definition) is 5. The van der Waals surface area contributed by atoms with Gasteiger partial charge in [0.25, 0.3) is 0 Å². The highest BCUT2D eigenvalue weighted by molar-refractivity contribution is 5.45. The molecule has 1 aromatic heterocycles. The normalized spacial score (nSPS) is 19.3. The van der Waals surface area contributed by atoms with Gasteiger partial charge in [-0.15, -0.1) is 0 Å². The SMILES string of the molecule is CC(N)CN1CCN(c2cccc(N)n2)CC1. The van der Waals surface area contributed by atoms with Crippen LogP contribution in [-0.4, -0.2) is 48.6 Å². The van der Waals surface area contributed by atoms with Crippen LogP contribution in [0.25, 0.3) is 0 Å². The van der Waals surface area contributed by atoms with Crippen LogP contribution >= 0.6 is 0 Å². The summed E-state index contributed by atoms with van der Waals surface area (Å²) < 4.78 is 0. The van der Waals surface area contributed by atoms with Crippen LogP contribution in [0.1, 0.15) is 6.92 Å². The first-order valence-electron chi connectivity index (χ1n) is 6.10. The quantitative estimate of drug-likeness (QED) is 0.779. The smallest absolute Gasteiger partial charge is 0.131 e. The standard InChI is InChI=1S/C12H21N5/c1-10(13)9-16-5-7-17(8-6-16)12-4-2-3-11(14)15-12/h2-4,10H,5-9,13H2,1H3,(H2,14,15). The molecule has 4 N–H and O–H groups in total. The lowest BCUT2D eigenvalue weighted by Gasteiger charge is -2.36. The topological polar surface area (TPSA) is 71.4 Å². The Hall–Kier alpha value is -1.33. The average molecular weight is 235 g/mol. The van der Waals surface area contributed by atoms with Gasteiger partial charge >= 0.3 is 0 Å². The average Bonchev–Trinajstić information content (AvgIpc) is 2.29. The molecule has 0 saturated carbocycles. The Kier molecular flexibility index (Phi) is 3.81. The molecule has 17 heavy (non-hydrogen) atoms. The van der Waals surface area contributed by atoms with E-state index in [1.54, 1.807) is 0 Å². The van der Waals surface area contributed by atoms with Gasteiger partial charge in [0.2, 0.25) is 0 Å². The Labute approximate surface area is 102 Å². The highest BCUT2D eigenvalue weighted by atomic mass is 15.3. The largest absolute Gasteiger partial charge is 0.384 e. The van der Waals surface area contributed by atoms with Crippen molar-refractivity contribution in [3.63, 3.8) is 0 Å². The van der Waals surface area contributed by atoms with Crippen molar-refractivity contribution in [3.8, 4) is 0 Å². The number of aromatic nitrogens is 1. The molecule has 0 bridgehead atoms. The Balaban J connectivity index is 1.91. The van der Waals surface area contributed by atoms with Crippen LogP contribution in [0.4, 0.5) is 11.6 Å². The summed E-state index contributed by atoms with van der Waals surface area (Å²) in [6, 6.07) is 6.02. The van der Waals surface area contributed by atoms with E-state index in [1.165, 1.54) is 0 Å². The van der Waals surface area contributed by atoms with E-state index in [0.717, 1.165) is 38.5 Å². The van der Waals surface area contributed by atoms with Gasteiger partial charge in [-0.25, -0.2) is 4.98 Å². The van der Waals surface area contributed by atoms with Gasteiger partial charge in [0.1, 0.15) is 11.6 Å². The minimum atomic E-state index is 0.243. The van der Waals surface area contributed by atoms with E-state index in [0.29, 0.717) is 5.82 Å². The van der Waals surface area contributed by atoms with Crippen molar-refractivity contribution in [2.75, 3.05) is 43.4 Å². The number of piperazine rings is 1. The maximum atomic E-state index is 5.80. The van der Waals surface area contributed by atoms with Gasteiger partial charge in [0.05, 0.1) is 0 Å². The van der Waals surface area contributed by atoms with Gasteiger partial charge in [-0.2, -0.15) is 0 Å². The summed E-state index contributed by atoms with van der Waals surface area (Å²) in [5.41, 5.74) is 11.5. The van der Waals surface area contributed by atoms with E-state index in [2.05, 4.69) is 14.8 Å². The maximum absolute atomic E-state index is 5.80. The number of nitrogens with two attached hydrogens (primary N) is 2. The number of rotatable bonds is 3. The van der Waals surface area contributed by atoms with E-state index >= 15 is 0 Å². The summed E-state index contributed by atoms with van der Waals surface area (Å²) in [6.45, 7) is 7.08. The summed E-state index contributed by atoms with van der Waals surface area (Å²) in [7, 11) is 0. The van der Waals surface area contributed by atoms with Gasteiger partial charge < -0.3 is 16.4 Å². The molecule has 1 aliphatic rings. The monoisotopic (exact) mass is 235 g/mol. The summed E-state index contributed by atoms with van der Waals surface area (Å²) in [5.74, 6) is 1.56. The fraction of sp³-hybridized carbons (Fsp3) is 0.583. The minimum absolute atomic E-state index is 0.243. The molecule has 1 atom stereocenters. The van der Waals surface area contributed by atoms with Crippen LogP contribution in [0.15, 0.2) is 18.2 Å². The van der Waals surface area contributed by atoms with Crippen LogP contribution in [-0.2, 0) is 0 Å². The predicted octanol–water partition coefficient (Wildman–Crippen LogP) is 0.133. The summed E-state index contributed by atoms with van der Waals surface area (Å²) in [5, 5.41) is 0. The molecule has 0 amide bonds. The van der Waals surface area contributed by atoms with Crippen molar-refractivity contribution < 1.29 is 0 Å².